The first-order valence-electron chi connectivity index (χ1n) is 5.81. The maximum Gasteiger partial charge on any atom is 0.230 e. The molecule has 0 unspecified atom stereocenters. The van der Waals surface area contributed by atoms with Crippen LogP contribution in [0.25, 0.3) is 10.9 Å². The van der Waals surface area contributed by atoms with Gasteiger partial charge in [-0.1, -0.05) is 0 Å². The fourth-order valence-electron chi connectivity index (χ4n) is 1.92. The summed E-state index contributed by atoms with van der Waals surface area (Å²) in [6.07, 6.45) is 2.10. The number of aryl methyl sites for hydroxylation is 1. The third-order valence-corrected chi connectivity index (χ3v) is 3.49. The number of nitrogens with one attached hydrogen (secondary N) is 1. The molecule has 0 aliphatic carbocycles. The van der Waals surface area contributed by atoms with Crippen molar-refractivity contribution >= 4 is 33.8 Å². The van der Waals surface area contributed by atoms with Gasteiger partial charge in [-0.05, 0) is 18.2 Å². The first-order chi connectivity index (χ1) is 9.22. The van der Waals surface area contributed by atoms with Crippen LogP contribution < -0.4 is 5.32 Å². The molecule has 3 rings (SSSR count). The van der Waals surface area contributed by atoms with E-state index in [0.717, 1.165) is 22.3 Å². The highest BCUT2D eigenvalue weighted by atomic mass is 32.1. The molecule has 0 bridgehead atoms. The summed E-state index contributed by atoms with van der Waals surface area (Å²) in [7, 11) is 1.88. The normalized spacial score (nSPS) is 10.8. The molecule has 0 saturated carbocycles. The standard InChI is InChI=1S/C13H12N4OS/c1-17-12-4-10(3-2-9(12)6-15-17)16-13(18)5-11-7-19-8-14-11/h2-4,6-8H,5H2,1H3,(H,16,18). The van der Waals surface area contributed by atoms with Crippen molar-refractivity contribution < 1.29 is 4.79 Å². The van der Waals surface area contributed by atoms with Gasteiger partial charge in [0.25, 0.3) is 0 Å². The van der Waals surface area contributed by atoms with Gasteiger partial charge >= 0.3 is 0 Å². The van der Waals surface area contributed by atoms with Crippen molar-refractivity contribution in [1.82, 2.24) is 14.8 Å². The van der Waals surface area contributed by atoms with E-state index < -0.39 is 0 Å². The zero-order valence-electron chi connectivity index (χ0n) is 10.3. The van der Waals surface area contributed by atoms with Crippen molar-refractivity contribution in [2.75, 3.05) is 5.32 Å². The smallest absolute Gasteiger partial charge is 0.230 e. The third kappa shape index (κ3) is 2.48. The van der Waals surface area contributed by atoms with Crippen LogP contribution in [0.1, 0.15) is 5.69 Å². The number of hydrogen-bond donors (Lipinski definition) is 1. The number of thiazole rings is 1. The van der Waals surface area contributed by atoms with Crippen LogP contribution in [-0.4, -0.2) is 20.7 Å². The first kappa shape index (κ1) is 11.9. The minimum atomic E-state index is -0.0626. The number of carbonyl (C=O) groups is 1. The molecular formula is C13H12N4OS. The Hall–Kier alpha value is -2.21. The van der Waals surface area contributed by atoms with Gasteiger partial charge in [-0.3, -0.25) is 9.48 Å². The molecule has 0 spiro atoms. The molecule has 0 aliphatic rings. The van der Waals surface area contributed by atoms with E-state index in [1.165, 1.54) is 11.3 Å². The molecule has 1 amide bonds. The van der Waals surface area contributed by atoms with Crippen molar-refractivity contribution in [2.24, 2.45) is 7.05 Å². The molecule has 0 fully saturated rings. The molecule has 0 saturated heterocycles. The van der Waals surface area contributed by atoms with E-state index in [-0.39, 0.29) is 5.91 Å². The SMILES string of the molecule is Cn1ncc2ccc(NC(=O)Cc3cscn3)cc21. The average molecular weight is 272 g/mol. The van der Waals surface area contributed by atoms with E-state index in [1.54, 1.807) is 16.4 Å². The predicted molar refractivity (Wildman–Crippen MR) is 75.2 cm³/mol. The Kier molecular flexibility index (Phi) is 3.00. The van der Waals surface area contributed by atoms with Crippen LogP contribution >= 0.6 is 11.3 Å². The number of hydrogen-bond acceptors (Lipinski definition) is 4. The maximum atomic E-state index is 11.9. The fourth-order valence-corrected chi connectivity index (χ4v) is 2.47. The number of fused-ring (bicyclic) bond motifs is 1. The summed E-state index contributed by atoms with van der Waals surface area (Å²) in [5.41, 5.74) is 4.29. The van der Waals surface area contributed by atoms with Crippen molar-refractivity contribution in [1.29, 1.82) is 0 Å². The molecular weight excluding hydrogens is 260 g/mol. The highest BCUT2D eigenvalue weighted by Gasteiger charge is 2.07. The van der Waals surface area contributed by atoms with E-state index in [4.69, 9.17) is 0 Å². The van der Waals surface area contributed by atoms with Crippen LogP contribution in [0.5, 0.6) is 0 Å². The summed E-state index contributed by atoms with van der Waals surface area (Å²) in [6, 6.07) is 5.74. The zero-order chi connectivity index (χ0) is 13.2. The number of anilines is 1. The van der Waals surface area contributed by atoms with Gasteiger partial charge in [0.05, 0.1) is 29.3 Å². The van der Waals surface area contributed by atoms with Crippen LogP contribution in [-0.2, 0) is 18.3 Å². The number of aromatic nitrogens is 3. The lowest BCUT2D eigenvalue weighted by Gasteiger charge is -2.04. The van der Waals surface area contributed by atoms with Gasteiger partial charge in [0, 0.05) is 23.5 Å². The molecule has 96 valence electrons. The lowest BCUT2D eigenvalue weighted by molar-refractivity contribution is -0.115. The Morgan fingerprint density at radius 2 is 2.37 bits per heavy atom. The molecule has 0 aliphatic heterocycles. The molecule has 2 aromatic heterocycles. The van der Waals surface area contributed by atoms with E-state index in [9.17, 15) is 4.79 Å². The predicted octanol–water partition coefficient (Wildman–Crippen LogP) is 2.21. The average Bonchev–Trinajstić information content (AvgIpc) is 3.00. The molecule has 0 atom stereocenters. The second-order valence-corrected chi connectivity index (χ2v) is 4.97. The molecule has 2 heterocycles. The van der Waals surface area contributed by atoms with Crippen LogP contribution in [0.15, 0.2) is 35.3 Å². The van der Waals surface area contributed by atoms with Crippen molar-refractivity contribution in [3.8, 4) is 0 Å². The summed E-state index contributed by atoms with van der Waals surface area (Å²) >= 11 is 1.49. The van der Waals surface area contributed by atoms with Gasteiger partial charge in [-0.15, -0.1) is 11.3 Å². The summed E-state index contributed by atoms with van der Waals surface area (Å²) in [5.74, 6) is -0.0626. The van der Waals surface area contributed by atoms with Gasteiger partial charge < -0.3 is 5.32 Å². The zero-order valence-corrected chi connectivity index (χ0v) is 11.1. The van der Waals surface area contributed by atoms with Gasteiger partial charge in [0.1, 0.15) is 0 Å². The van der Waals surface area contributed by atoms with Gasteiger partial charge in [0.2, 0.25) is 5.91 Å². The van der Waals surface area contributed by atoms with E-state index in [2.05, 4.69) is 15.4 Å². The van der Waals surface area contributed by atoms with E-state index >= 15 is 0 Å². The largest absolute Gasteiger partial charge is 0.326 e. The fraction of sp³-hybridized carbons (Fsp3) is 0.154. The summed E-state index contributed by atoms with van der Waals surface area (Å²) in [6.45, 7) is 0. The monoisotopic (exact) mass is 272 g/mol. The molecule has 3 aromatic rings. The topological polar surface area (TPSA) is 59.8 Å². The summed E-state index contributed by atoms with van der Waals surface area (Å²) in [4.78, 5) is 16.0. The minimum Gasteiger partial charge on any atom is -0.326 e. The number of benzene rings is 1. The Morgan fingerprint density at radius 1 is 1.47 bits per heavy atom. The van der Waals surface area contributed by atoms with Gasteiger partial charge in [-0.2, -0.15) is 5.10 Å². The van der Waals surface area contributed by atoms with Crippen molar-refractivity contribution in [3.05, 3.63) is 41.0 Å². The van der Waals surface area contributed by atoms with Crippen molar-refractivity contribution in [2.45, 2.75) is 6.42 Å². The molecule has 19 heavy (non-hydrogen) atoms. The lowest BCUT2D eigenvalue weighted by atomic mass is 10.2. The van der Waals surface area contributed by atoms with Crippen LogP contribution in [0.4, 0.5) is 5.69 Å². The Balaban J connectivity index is 1.77. The van der Waals surface area contributed by atoms with Crippen LogP contribution in [0.3, 0.4) is 0 Å². The molecule has 5 nitrogen and oxygen atoms in total. The van der Waals surface area contributed by atoms with E-state index in [0.29, 0.717) is 6.42 Å². The third-order valence-electron chi connectivity index (χ3n) is 2.86. The highest BCUT2D eigenvalue weighted by Crippen LogP contribution is 2.18. The number of nitrogens with zero attached hydrogens (tertiary/aromatic N) is 3. The minimum absolute atomic E-state index is 0.0626. The number of carbonyl (C=O) groups excluding carboxylic acids is 1. The second kappa shape index (κ2) is 4.81. The number of amides is 1. The molecule has 0 radical (unpaired) electrons. The quantitative estimate of drug-likeness (QED) is 0.795. The van der Waals surface area contributed by atoms with Crippen molar-refractivity contribution in [3.63, 3.8) is 0 Å². The molecule has 6 heteroatoms. The first-order valence-corrected chi connectivity index (χ1v) is 6.75. The highest BCUT2D eigenvalue weighted by molar-refractivity contribution is 7.07. The van der Waals surface area contributed by atoms with Crippen LogP contribution in [0.2, 0.25) is 0 Å². The summed E-state index contributed by atoms with van der Waals surface area (Å²) < 4.78 is 1.78. The second-order valence-electron chi connectivity index (χ2n) is 4.25. The van der Waals surface area contributed by atoms with E-state index in [1.807, 2.05) is 30.6 Å². The van der Waals surface area contributed by atoms with Gasteiger partial charge in [-0.25, -0.2) is 4.98 Å². The Morgan fingerprint density at radius 3 is 3.16 bits per heavy atom. The summed E-state index contributed by atoms with van der Waals surface area (Å²) in [5, 5.41) is 9.98. The molecule has 1 aromatic carbocycles. The van der Waals surface area contributed by atoms with Crippen LogP contribution in [0, 0.1) is 0 Å². The number of rotatable bonds is 3. The van der Waals surface area contributed by atoms with Gasteiger partial charge in [0.15, 0.2) is 0 Å². The Bertz CT molecular complexity index is 717. The maximum absolute atomic E-state index is 11.9. The lowest BCUT2D eigenvalue weighted by Crippen LogP contribution is -2.14. The molecule has 1 N–H and O–H groups in total. The Labute approximate surface area is 113 Å².